The van der Waals surface area contributed by atoms with Crippen LogP contribution in [-0.2, 0) is 6.42 Å². The lowest BCUT2D eigenvalue weighted by Crippen LogP contribution is -2.21. The van der Waals surface area contributed by atoms with Gasteiger partial charge >= 0.3 is 0 Å². The van der Waals surface area contributed by atoms with Gasteiger partial charge in [-0.15, -0.1) is 0 Å². The Kier molecular flexibility index (Phi) is 6.65. The molecule has 0 bridgehead atoms. The lowest BCUT2D eigenvalue weighted by molar-refractivity contribution is 0.554. The van der Waals surface area contributed by atoms with Crippen molar-refractivity contribution in [2.45, 2.75) is 33.1 Å². The van der Waals surface area contributed by atoms with Crippen molar-refractivity contribution in [3.63, 3.8) is 0 Å². The zero-order valence-corrected chi connectivity index (χ0v) is 12.1. The summed E-state index contributed by atoms with van der Waals surface area (Å²) in [5.41, 5.74) is 0. The molecule has 18 heavy (non-hydrogen) atoms. The Morgan fingerprint density at radius 2 is 2.17 bits per heavy atom. The molecule has 0 aliphatic carbocycles. The SMILES string of the molecule is CNCCc1nccc(N(C)CCCC(C)C)n1. The predicted octanol–water partition coefficient (Wildman–Crippen LogP) is 2.11. The molecule has 0 aliphatic heterocycles. The van der Waals surface area contributed by atoms with Gasteiger partial charge in [-0.25, -0.2) is 9.97 Å². The van der Waals surface area contributed by atoms with Crippen LogP contribution >= 0.6 is 0 Å². The molecule has 0 spiro atoms. The van der Waals surface area contributed by atoms with Crippen molar-refractivity contribution in [3.05, 3.63) is 18.1 Å². The smallest absolute Gasteiger partial charge is 0.131 e. The molecule has 1 N–H and O–H groups in total. The second-order valence-corrected chi connectivity index (χ2v) is 5.14. The fourth-order valence-electron chi connectivity index (χ4n) is 1.81. The number of rotatable bonds is 8. The second kappa shape index (κ2) is 8.03. The number of likely N-dealkylation sites (N-methyl/N-ethyl adjacent to an activating group) is 1. The van der Waals surface area contributed by atoms with Crippen LogP contribution in [0.15, 0.2) is 12.3 Å². The minimum absolute atomic E-state index is 0.773. The molecular formula is C14H26N4. The van der Waals surface area contributed by atoms with E-state index in [9.17, 15) is 0 Å². The molecular weight excluding hydrogens is 224 g/mol. The fraction of sp³-hybridized carbons (Fsp3) is 0.714. The van der Waals surface area contributed by atoms with Gasteiger partial charge in [-0.05, 0) is 31.9 Å². The largest absolute Gasteiger partial charge is 0.360 e. The van der Waals surface area contributed by atoms with Gasteiger partial charge in [0, 0.05) is 32.8 Å². The van der Waals surface area contributed by atoms with Gasteiger partial charge in [0.2, 0.25) is 0 Å². The monoisotopic (exact) mass is 250 g/mol. The quantitative estimate of drug-likeness (QED) is 0.767. The molecule has 1 heterocycles. The van der Waals surface area contributed by atoms with E-state index in [4.69, 9.17) is 0 Å². The maximum absolute atomic E-state index is 4.58. The molecule has 0 amide bonds. The highest BCUT2D eigenvalue weighted by Gasteiger charge is 2.05. The van der Waals surface area contributed by atoms with Gasteiger partial charge in [0.15, 0.2) is 0 Å². The summed E-state index contributed by atoms with van der Waals surface area (Å²) in [6.45, 7) is 6.50. The summed E-state index contributed by atoms with van der Waals surface area (Å²) in [4.78, 5) is 11.1. The van der Waals surface area contributed by atoms with Crippen molar-refractivity contribution in [1.82, 2.24) is 15.3 Å². The molecule has 0 unspecified atom stereocenters. The van der Waals surface area contributed by atoms with E-state index in [1.165, 1.54) is 12.8 Å². The zero-order chi connectivity index (χ0) is 13.4. The predicted molar refractivity (Wildman–Crippen MR) is 77.0 cm³/mol. The van der Waals surface area contributed by atoms with Crippen LogP contribution in [0.5, 0.6) is 0 Å². The molecule has 102 valence electrons. The van der Waals surface area contributed by atoms with Crippen LogP contribution < -0.4 is 10.2 Å². The Labute approximate surface area is 111 Å². The third kappa shape index (κ3) is 5.45. The highest BCUT2D eigenvalue weighted by Crippen LogP contribution is 2.11. The van der Waals surface area contributed by atoms with Gasteiger partial charge in [0.05, 0.1) is 0 Å². The topological polar surface area (TPSA) is 41.1 Å². The van der Waals surface area contributed by atoms with Gasteiger partial charge in [-0.2, -0.15) is 0 Å². The van der Waals surface area contributed by atoms with Crippen LogP contribution in [0.1, 0.15) is 32.5 Å². The lowest BCUT2D eigenvalue weighted by atomic mass is 10.1. The average Bonchev–Trinajstić information content (AvgIpc) is 2.36. The summed E-state index contributed by atoms with van der Waals surface area (Å²) in [6, 6.07) is 1.98. The molecule has 0 aliphatic rings. The molecule has 0 atom stereocenters. The first-order valence-electron chi connectivity index (χ1n) is 6.81. The standard InChI is InChI=1S/C14H26N4/c1-12(2)6-5-11-18(4)14-8-10-16-13(17-14)7-9-15-3/h8,10,12,15H,5-7,9,11H2,1-4H3. The first-order valence-corrected chi connectivity index (χ1v) is 6.81. The van der Waals surface area contributed by atoms with Crippen molar-refractivity contribution in [2.24, 2.45) is 5.92 Å². The maximum atomic E-state index is 4.58. The van der Waals surface area contributed by atoms with Crippen molar-refractivity contribution in [3.8, 4) is 0 Å². The van der Waals surface area contributed by atoms with E-state index >= 15 is 0 Å². The summed E-state index contributed by atoms with van der Waals surface area (Å²) in [6.07, 6.45) is 5.21. The molecule has 4 heteroatoms. The van der Waals surface area contributed by atoms with Crippen LogP contribution in [-0.4, -0.2) is 37.2 Å². The molecule has 0 fully saturated rings. The van der Waals surface area contributed by atoms with Gasteiger partial charge in [0.25, 0.3) is 0 Å². The van der Waals surface area contributed by atoms with Crippen LogP contribution in [0, 0.1) is 5.92 Å². The Balaban J connectivity index is 2.48. The minimum atomic E-state index is 0.773. The number of aromatic nitrogens is 2. The van der Waals surface area contributed by atoms with Crippen LogP contribution in [0.4, 0.5) is 5.82 Å². The molecule has 0 radical (unpaired) electrons. The maximum Gasteiger partial charge on any atom is 0.131 e. The third-order valence-electron chi connectivity index (χ3n) is 2.96. The molecule has 4 nitrogen and oxygen atoms in total. The third-order valence-corrected chi connectivity index (χ3v) is 2.96. The summed E-state index contributed by atoms with van der Waals surface area (Å²) in [7, 11) is 4.05. The van der Waals surface area contributed by atoms with E-state index in [1.807, 2.05) is 19.3 Å². The number of hydrogen-bond donors (Lipinski definition) is 1. The van der Waals surface area contributed by atoms with Crippen molar-refractivity contribution in [1.29, 1.82) is 0 Å². The van der Waals surface area contributed by atoms with Gasteiger partial charge in [-0.3, -0.25) is 0 Å². The Morgan fingerprint density at radius 3 is 2.83 bits per heavy atom. The second-order valence-electron chi connectivity index (χ2n) is 5.14. The lowest BCUT2D eigenvalue weighted by Gasteiger charge is -2.19. The van der Waals surface area contributed by atoms with Gasteiger partial charge in [-0.1, -0.05) is 13.8 Å². The molecule has 0 saturated carbocycles. The van der Waals surface area contributed by atoms with Gasteiger partial charge < -0.3 is 10.2 Å². The Hall–Kier alpha value is -1.16. The van der Waals surface area contributed by atoms with E-state index in [1.54, 1.807) is 0 Å². The summed E-state index contributed by atoms with van der Waals surface area (Å²) >= 11 is 0. The van der Waals surface area contributed by atoms with Crippen LogP contribution in [0.25, 0.3) is 0 Å². The molecule has 1 rings (SSSR count). The highest BCUT2D eigenvalue weighted by molar-refractivity contribution is 5.36. The first-order chi connectivity index (χ1) is 8.63. The molecule has 1 aromatic rings. The Bertz CT molecular complexity index is 338. The summed E-state index contributed by atoms with van der Waals surface area (Å²) in [5.74, 6) is 2.72. The highest BCUT2D eigenvalue weighted by atomic mass is 15.2. The minimum Gasteiger partial charge on any atom is -0.360 e. The average molecular weight is 250 g/mol. The van der Waals surface area contributed by atoms with Gasteiger partial charge in [0.1, 0.15) is 11.6 Å². The van der Waals surface area contributed by atoms with E-state index in [0.717, 1.165) is 37.1 Å². The normalized spacial score (nSPS) is 10.9. The fourth-order valence-corrected chi connectivity index (χ4v) is 1.81. The van der Waals surface area contributed by atoms with E-state index < -0.39 is 0 Å². The van der Waals surface area contributed by atoms with E-state index in [-0.39, 0.29) is 0 Å². The molecule has 1 aromatic heterocycles. The summed E-state index contributed by atoms with van der Waals surface area (Å²) in [5, 5.41) is 3.12. The van der Waals surface area contributed by atoms with Crippen LogP contribution in [0.2, 0.25) is 0 Å². The van der Waals surface area contributed by atoms with E-state index in [2.05, 4.69) is 41.1 Å². The summed E-state index contributed by atoms with van der Waals surface area (Å²) < 4.78 is 0. The van der Waals surface area contributed by atoms with E-state index in [0.29, 0.717) is 0 Å². The van der Waals surface area contributed by atoms with Crippen LogP contribution in [0.3, 0.4) is 0 Å². The number of nitrogens with one attached hydrogen (secondary N) is 1. The first kappa shape index (κ1) is 14.9. The number of anilines is 1. The zero-order valence-electron chi connectivity index (χ0n) is 12.1. The molecule has 0 aromatic carbocycles. The molecule has 0 saturated heterocycles. The van der Waals surface area contributed by atoms with Crippen molar-refractivity contribution >= 4 is 5.82 Å². The Morgan fingerprint density at radius 1 is 1.39 bits per heavy atom. The van der Waals surface area contributed by atoms with Crippen molar-refractivity contribution in [2.75, 3.05) is 32.1 Å². The number of nitrogens with zero attached hydrogens (tertiary/aromatic N) is 3. The van der Waals surface area contributed by atoms with Crippen molar-refractivity contribution < 1.29 is 0 Å². The number of hydrogen-bond acceptors (Lipinski definition) is 4.